The van der Waals surface area contributed by atoms with Crippen molar-refractivity contribution in [2.75, 3.05) is 19.8 Å². The normalized spacial score (nSPS) is 20.6. The number of rotatable bonds is 9. The highest BCUT2D eigenvalue weighted by Gasteiger charge is 2.31. The molecule has 0 spiro atoms. The molecule has 0 N–H and O–H groups in total. The molecule has 0 radical (unpaired) electrons. The van der Waals surface area contributed by atoms with E-state index in [0.717, 1.165) is 37.5 Å². The Kier molecular flexibility index (Phi) is 9.14. The average molecular weight is 323 g/mol. The molecule has 0 amide bonds. The van der Waals surface area contributed by atoms with Crippen LogP contribution in [0.3, 0.4) is 0 Å². The second-order valence-corrected chi connectivity index (χ2v) is 5.81. The van der Waals surface area contributed by atoms with E-state index >= 15 is 0 Å². The van der Waals surface area contributed by atoms with E-state index < -0.39 is 0 Å². The second kappa shape index (κ2) is 10.9. The van der Waals surface area contributed by atoms with Gasteiger partial charge in [0.2, 0.25) is 11.8 Å². The van der Waals surface area contributed by atoms with Gasteiger partial charge in [-0.25, -0.2) is 9.98 Å². The van der Waals surface area contributed by atoms with Gasteiger partial charge in [-0.15, -0.1) is 0 Å². The third-order valence-corrected chi connectivity index (χ3v) is 3.60. The number of aliphatic imine (C=N–C) groups is 2. The highest BCUT2D eigenvalue weighted by atomic mass is 16.5. The van der Waals surface area contributed by atoms with Gasteiger partial charge < -0.3 is 9.47 Å². The number of unbranched alkanes of at least 4 members (excludes halogenated alkanes) is 2. The third-order valence-electron chi connectivity index (χ3n) is 3.60. The molecule has 1 rings (SSSR count). The first-order valence-electron chi connectivity index (χ1n) is 8.55. The van der Waals surface area contributed by atoms with Crippen molar-refractivity contribution in [3.63, 3.8) is 0 Å². The summed E-state index contributed by atoms with van der Waals surface area (Å²) in [6.07, 6.45) is 3.76. The molecule has 7 nitrogen and oxygen atoms in total. The van der Waals surface area contributed by atoms with Crippen LogP contribution in [-0.4, -0.2) is 43.6 Å². The van der Waals surface area contributed by atoms with E-state index in [1.54, 1.807) is 0 Å². The fraction of sp³-hybridized carbons (Fsp3) is 0.875. The minimum Gasteiger partial charge on any atom is -0.480 e. The third kappa shape index (κ3) is 6.48. The highest BCUT2D eigenvalue weighted by molar-refractivity contribution is 5.94. The predicted molar refractivity (Wildman–Crippen MR) is 93.0 cm³/mol. The maximum Gasteiger partial charge on any atom is 0.210 e. The zero-order valence-electron chi connectivity index (χ0n) is 14.7. The van der Waals surface area contributed by atoms with Crippen molar-refractivity contribution in [3.05, 3.63) is 10.4 Å². The molecule has 7 heteroatoms. The molecule has 1 heterocycles. The maximum absolute atomic E-state index is 8.26. The Bertz CT molecular complexity index is 455. The van der Waals surface area contributed by atoms with Crippen molar-refractivity contribution in [1.29, 1.82) is 0 Å². The molecule has 1 aliphatic heterocycles. The van der Waals surface area contributed by atoms with Gasteiger partial charge in [-0.05, 0) is 38.1 Å². The Balaban J connectivity index is 2.68. The van der Waals surface area contributed by atoms with Crippen LogP contribution < -0.4 is 0 Å². The van der Waals surface area contributed by atoms with Crippen LogP contribution in [0, 0.1) is 5.92 Å². The summed E-state index contributed by atoms with van der Waals surface area (Å²) in [7, 11) is 0. The molecule has 1 aliphatic rings. The largest absolute Gasteiger partial charge is 0.480 e. The summed E-state index contributed by atoms with van der Waals surface area (Å²) in [5.74, 6) is 1.77. The van der Waals surface area contributed by atoms with Gasteiger partial charge >= 0.3 is 0 Å². The van der Waals surface area contributed by atoms with E-state index in [2.05, 4.69) is 23.9 Å². The molecule has 23 heavy (non-hydrogen) atoms. The summed E-state index contributed by atoms with van der Waals surface area (Å²) in [5.41, 5.74) is 8.26. The molecule has 2 atom stereocenters. The van der Waals surface area contributed by atoms with Crippen LogP contribution in [0.1, 0.15) is 53.4 Å². The number of hydrogen-bond donors (Lipinski definition) is 0. The molecular formula is C16H29N5O2. The molecule has 0 aliphatic carbocycles. The minimum atomic E-state index is -0.0639. The molecular weight excluding hydrogens is 294 g/mol. The Morgan fingerprint density at radius 3 is 2.39 bits per heavy atom. The van der Waals surface area contributed by atoms with Crippen LogP contribution in [0.2, 0.25) is 0 Å². The number of nitrogens with zero attached hydrogens (tertiary/aromatic N) is 5. The highest BCUT2D eigenvalue weighted by Crippen LogP contribution is 2.21. The average Bonchev–Trinajstić information content (AvgIpc) is 2.52. The van der Waals surface area contributed by atoms with Crippen LogP contribution in [0.25, 0.3) is 10.4 Å². The van der Waals surface area contributed by atoms with E-state index in [-0.39, 0.29) is 12.1 Å². The summed E-state index contributed by atoms with van der Waals surface area (Å²) in [6.45, 7) is 9.90. The number of ether oxygens (including phenoxy) is 2. The Morgan fingerprint density at radius 1 is 1.09 bits per heavy atom. The first-order valence-corrected chi connectivity index (χ1v) is 8.55. The monoisotopic (exact) mass is 323 g/mol. The molecule has 0 saturated carbocycles. The van der Waals surface area contributed by atoms with E-state index in [1.165, 1.54) is 0 Å². The van der Waals surface area contributed by atoms with Gasteiger partial charge in [-0.3, -0.25) is 0 Å². The number of hydrogen-bond acceptors (Lipinski definition) is 5. The van der Waals surface area contributed by atoms with E-state index in [4.69, 9.17) is 25.0 Å². The van der Waals surface area contributed by atoms with Gasteiger partial charge in [-0.1, -0.05) is 31.8 Å². The van der Waals surface area contributed by atoms with Gasteiger partial charge in [0.1, 0.15) is 12.1 Å². The Labute approximate surface area is 138 Å². The van der Waals surface area contributed by atoms with Crippen LogP contribution in [0.5, 0.6) is 0 Å². The lowest BCUT2D eigenvalue weighted by atomic mass is 10.0. The van der Waals surface area contributed by atoms with Crippen LogP contribution in [0.4, 0.5) is 0 Å². The molecule has 0 aromatic carbocycles. The summed E-state index contributed by atoms with van der Waals surface area (Å²) in [6, 6.07) is -0.122. The molecule has 0 aromatic heterocycles. The molecule has 0 unspecified atom stereocenters. The fourth-order valence-electron chi connectivity index (χ4n) is 2.48. The number of azide groups is 1. The first-order chi connectivity index (χ1) is 11.1. The van der Waals surface area contributed by atoms with Crippen molar-refractivity contribution in [3.8, 4) is 0 Å². The van der Waals surface area contributed by atoms with Crippen molar-refractivity contribution >= 4 is 11.8 Å². The van der Waals surface area contributed by atoms with Crippen LogP contribution >= 0.6 is 0 Å². The van der Waals surface area contributed by atoms with Gasteiger partial charge in [0.05, 0.1) is 13.2 Å². The van der Waals surface area contributed by atoms with Gasteiger partial charge in [0.25, 0.3) is 0 Å². The lowest BCUT2D eigenvalue weighted by molar-refractivity contribution is 0.273. The quantitative estimate of drug-likeness (QED) is 0.276. The summed E-state index contributed by atoms with van der Waals surface area (Å²) in [5, 5.41) is 3.55. The lowest BCUT2D eigenvalue weighted by Crippen LogP contribution is -2.38. The van der Waals surface area contributed by atoms with Crippen molar-refractivity contribution in [2.24, 2.45) is 21.0 Å². The standard InChI is InChI=1S/C16H29N5O2/c1-5-22-15-13(10-8-7-9-11-18-21-17)19-16(23-6-2)14(20-15)12(3)4/h12-14H,5-11H2,1-4H3/t13-,14+/m1/s1. The van der Waals surface area contributed by atoms with Crippen LogP contribution in [-0.2, 0) is 9.47 Å². The van der Waals surface area contributed by atoms with E-state index in [9.17, 15) is 0 Å². The molecule has 0 bridgehead atoms. The molecule has 130 valence electrons. The Hall–Kier alpha value is -1.75. The lowest BCUT2D eigenvalue weighted by Gasteiger charge is -2.28. The predicted octanol–water partition coefficient (Wildman–Crippen LogP) is 4.13. The van der Waals surface area contributed by atoms with Crippen molar-refractivity contribution < 1.29 is 9.47 Å². The first kappa shape index (κ1) is 19.3. The summed E-state index contributed by atoms with van der Waals surface area (Å²) >= 11 is 0. The Morgan fingerprint density at radius 2 is 1.78 bits per heavy atom. The minimum absolute atomic E-state index is 0.0577. The SMILES string of the molecule is CCOC1=N[C@H](CCCCCN=[N+]=[N-])C(OCC)=N[C@H]1C(C)C. The zero-order chi connectivity index (χ0) is 17.1. The molecule has 0 fully saturated rings. The van der Waals surface area contributed by atoms with E-state index in [1.807, 2.05) is 13.8 Å². The summed E-state index contributed by atoms with van der Waals surface area (Å²) in [4.78, 5) is 12.3. The van der Waals surface area contributed by atoms with Gasteiger partial charge in [0, 0.05) is 11.5 Å². The van der Waals surface area contributed by atoms with Crippen molar-refractivity contribution in [1.82, 2.24) is 0 Å². The topological polar surface area (TPSA) is 91.9 Å². The molecule has 0 saturated heterocycles. The molecule has 0 aromatic rings. The van der Waals surface area contributed by atoms with Gasteiger partial charge in [-0.2, -0.15) is 0 Å². The van der Waals surface area contributed by atoms with Crippen LogP contribution in [0.15, 0.2) is 15.1 Å². The van der Waals surface area contributed by atoms with Crippen molar-refractivity contribution in [2.45, 2.75) is 65.5 Å². The second-order valence-electron chi connectivity index (χ2n) is 5.81. The van der Waals surface area contributed by atoms with Gasteiger partial charge in [0.15, 0.2) is 0 Å². The summed E-state index contributed by atoms with van der Waals surface area (Å²) < 4.78 is 11.4. The van der Waals surface area contributed by atoms with E-state index in [0.29, 0.717) is 25.7 Å². The smallest absolute Gasteiger partial charge is 0.210 e. The zero-order valence-corrected chi connectivity index (χ0v) is 14.7. The maximum atomic E-state index is 8.26. The fourth-order valence-corrected chi connectivity index (χ4v) is 2.48.